The van der Waals surface area contributed by atoms with Crippen molar-refractivity contribution >= 4 is 17.8 Å². The zero-order valence-corrected chi connectivity index (χ0v) is 13.3. The highest BCUT2D eigenvalue weighted by Crippen LogP contribution is 2.13. The zero-order chi connectivity index (χ0) is 16.3. The Kier molecular flexibility index (Phi) is 4.58. The Labute approximate surface area is 129 Å². The molecular formula is C14H23N5O3. The predicted octanol–water partition coefficient (Wildman–Crippen LogP) is 1.07. The predicted molar refractivity (Wildman–Crippen MR) is 81.3 cm³/mol. The minimum atomic E-state index is -0.521. The molecule has 2 heterocycles. The summed E-state index contributed by atoms with van der Waals surface area (Å²) in [5.41, 5.74) is 5.36. The summed E-state index contributed by atoms with van der Waals surface area (Å²) in [5, 5.41) is 6.38. The molecule has 1 aliphatic heterocycles. The van der Waals surface area contributed by atoms with Crippen LogP contribution in [0, 0.1) is 0 Å². The van der Waals surface area contributed by atoms with Crippen molar-refractivity contribution in [2.75, 3.05) is 31.9 Å². The van der Waals surface area contributed by atoms with Crippen LogP contribution in [-0.4, -0.2) is 63.8 Å². The number of aromatic amines is 1. The number of amides is 2. The van der Waals surface area contributed by atoms with Crippen LogP contribution in [0.15, 0.2) is 6.07 Å². The van der Waals surface area contributed by atoms with Crippen LogP contribution in [0.5, 0.6) is 0 Å². The van der Waals surface area contributed by atoms with E-state index in [1.54, 1.807) is 9.80 Å². The van der Waals surface area contributed by atoms with Crippen LogP contribution >= 0.6 is 0 Å². The molecule has 8 heteroatoms. The summed E-state index contributed by atoms with van der Waals surface area (Å²) in [6.07, 6.45) is 0.363. The molecule has 1 fully saturated rings. The van der Waals surface area contributed by atoms with E-state index in [1.807, 2.05) is 20.8 Å². The molecule has 0 spiro atoms. The molecule has 2 amide bonds. The highest BCUT2D eigenvalue weighted by atomic mass is 16.6. The Morgan fingerprint density at radius 1 is 1.23 bits per heavy atom. The summed E-state index contributed by atoms with van der Waals surface area (Å²) in [4.78, 5) is 27.8. The Bertz CT molecular complexity index is 549. The maximum absolute atomic E-state index is 12.3. The summed E-state index contributed by atoms with van der Waals surface area (Å²) < 4.78 is 5.37. The number of aromatic nitrogens is 2. The second-order valence-corrected chi connectivity index (χ2v) is 6.32. The van der Waals surface area contributed by atoms with Crippen LogP contribution in [-0.2, 0) is 4.74 Å². The fourth-order valence-corrected chi connectivity index (χ4v) is 2.25. The number of ether oxygens (including phenoxy) is 1. The Balaban J connectivity index is 1.95. The Morgan fingerprint density at radius 2 is 1.86 bits per heavy atom. The average Bonchev–Trinajstić information content (AvgIpc) is 2.70. The first kappa shape index (κ1) is 16.1. The number of nitrogens with one attached hydrogen (secondary N) is 1. The lowest BCUT2D eigenvalue weighted by atomic mass is 10.2. The van der Waals surface area contributed by atoms with Crippen molar-refractivity contribution in [3.05, 3.63) is 11.8 Å². The van der Waals surface area contributed by atoms with Crippen LogP contribution < -0.4 is 5.73 Å². The highest BCUT2D eigenvalue weighted by Gasteiger charge is 2.26. The number of anilines is 1. The van der Waals surface area contributed by atoms with Gasteiger partial charge in [0.1, 0.15) is 17.1 Å². The number of carbonyl (C=O) groups excluding carboxylic acids is 2. The van der Waals surface area contributed by atoms with E-state index < -0.39 is 5.60 Å². The number of nitrogens with zero attached hydrogens (tertiary/aromatic N) is 3. The third kappa shape index (κ3) is 4.12. The van der Waals surface area contributed by atoms with Gasteiger partial charge in [-0.3, -0.25) is 9.89 Å². The normalized spacial score (nSPS) is 16.3. The first-order chi connectivity index (χ1) is 10.3. The van der Waals surface area contributed by atoms with Gasteiger partial charge >= 0.3 is 6.09 Å². The fourth-order valence-electron chi connectivity index (χ4n) is 2.25. The van der Waals surface area contributed by atoms with Crippen molar-refractivity contribution in [1.29, 1.82) is 0 Å². The van der Waals surface area contributed by atoms with E-state index in [2.05, 4.69) is 10.2 Å². The number of hydrogen-bond acceptors (Lipinski definition) is 5. The number of H-pyrrole nitrogens is 1. The second kappa shape index (κ2) is 6.25. The monoisotopic (exact) mass is 309 g/mol. The quantitative estimate of drug-likeness (QED) is 0.807. The standard InChI is InChI=1S/C14H23N5O3/c1-14(2,3)22-13(21)19-6-4-5-18(7-8-19)12(20)10-9-11(15)17-16-10/h9H,4-8H2,1-3H3,(H3,15,16,17). The summed E-state index contributed by atoms with van der Waals surface area (Å²) in [6.45, 7) is 7.56. The van der Waals surface area contributed by atoms with Crippen LogP contribution in [0.1, 0.15) is 37.7 Å². The van der Waals surface area contributed by atoms with Crippen LogP contribution in [0.25, 0.3) is 0 Å². The van der Waals surface area contributed by atoms with Gasteiger partial charge in [0.05, 0.1) is 0 Å². The van der Waals surface area contributed by atoms with Crippen molar-refractivity contribution < 1.29 is 14.3 Å². The average molecular weight is 309 g/mol. The molecule has 0 radical (unpaired) electrons. The van der Waals surface area contributed by atoms with Crippen LogP contribution in [0.3, 0.4) is 0 Å². The molecule has 0 bridgehead atoms. The third-order valence-corrected chi connectivity index (χ3v) is 3.26. The smallest absolute Gasteiger partial charge is 0.410 e. The molecule has 0 aromatic carbocycles. The molecule has 1 saturated heterocycles. The molecule has 0 aliphatic carbocycles. The van der Waals surface area contributed by atoms with Gasteiger partial charge in [0.25, 0.3) is 5.91 Å². The maximum Gasteiger partial charge on any atom is 0.410 e. The topological polar surface area (TPSA) is 105 Å². The zero-order valence-electron chi connectivity index (χ0n) is 13.3. The largest absolute Gasteiger partial charge is 0.444 e. The number of nitrogens with two attached hydrogens (primary N) is 1. The SMILES string of the molecule is CC(C)(C)OC(=O)N1CCCN(C(=O)c2cc(N)n[nH]2)CC1. The molecule has 0 saturated carbocycles. The van der Waals surface area contributed by atoms with E-state index in [1.165, 1.54) is 6.07 Å². The number of rotatable bonds is 1. The van der Waals surface area contributed by atoms with Gasteiger partial charge in [-0.2, -0.15) is 5.10 Å². The van der Waals surface area contributed by atoms with Crippen molar-refractivity contribution in [2.24, 2.45) is 0 Å². The van der Waals surface area contributed by atoms with E-state index in [0.29, 0.717) is 38.3 Å². The van der Waals surface area contributed by atoms with Crippen LogP contribution in [0.2, 0.25) is 0 Å². The second-order valence-electron chi connectivity index (χ2n) is 6.32. The number of carbonyl (C=O) groups is 2. The minimum absolute atomic E-state index is 0.157. The van der Waals surface area contributed by atoms with E-state index in [9.17, 15) is 9.59 Å². The number of nitrogen functional groups attached to an aromatic ring is 1. The van der Waals surface area contributed by atoms with Crippen molar-refractivity contribution in [3.63, 3.8) is 0 Å². The molecule has 1 aliphatic rings. The summed E-state index contributed by atoms with van der Waals surface area (Å²) >= 11 is 0. The van der Waals surface area contributed by atoms with E-state index >= 15 is 0 Å². The highest BCUT2D eigenvalue weighted by molar-refractivity contribution is 5.93. The molecule has 122 valence electrons. The van der Waals surface area contributed by atoms with Crippen molar-refractivity contribution in [2.45, 2.75) is 32.8 Å². The molecule has 0 unspecified atom stereocenters. The first-order valence-corrected chi connectivity index (χ1v) is 7.34. The maximum atomic E-state index is 12.3. The van der Waals surface area contributed by atoms with Crippen LogP contribution in [0.4, 0.5) is 10.6 Å². The summed E-state index contributed by atoms with van der Waals surface area (Å²) in [5.74, 6) is 0.129. The lowest BCUT2D eigenvalue weighted by molar-refractivity contribution is 0.0255. The lowest BCUT2D eigenvalue weighted by Gasteiger charge is -2.26. The molecule has 1 aromatic heterocycles. The summed E-state index contributed by atoms with van der Waals surface area (Å²) in [7, 11) is 0. The van der Waals surface area contributed by atoms with Crippen molar-refractivity contribution in [1.82, 2.24) is 20.0 Å². The molecule has 8 nitrogen and oxygen atoms in total. The Hall–Kier alpha value is -2.25. The third-order valence-electron chi connectivity index (χ3n) is 3.26. The van der Waals surface area contributed by atoms with Crippen molar-refractivity contribution in [3.8, 4) is 0 Å². The molecule has 22 heavy (non-hydrogen) atoms. The van der Waals surface area contributed by atoms with Gasteiger partial charge in [0.15, 0.2) is 0 Å². The first-order valence-electron chi connectivity index (χ1n) is 7.34. The fraction of sp³-hybridized carbons (Fsp3) is 0.643. The van der Waals surface area contributed by atoms with E-state index in [4.69, 9.17) is 10.5 Å². The molecular weight excluding hydrogens is 286 g/mol. The lowest BCUT2D eigenvalue weighted by Crippen LogP contribution is -2.40. The van der Waals surface area contributed by atoms with Gasteiger partial charge in [-0.05, 0) is 27.2 Å². The molecule has 0 atom stereocenters. The van der Waals surface area contributed by atoms with Gasteiger partial charge in [0, 0.05) is 32.2 Å². The minimum Gasteiger partial charge on any atom is -0.444 e. The van der Waals surface area contributed by atoms with Gasteiger partial charge in [-0.1, -0.05) is 0 Å². The van der Waals surface area contributed by atoms with Gasteiger partial charge in [0.2, 0.25) is 0 Å². The van der Waals surface area contributed by atoms with Gasteiger partial charge < -0.3 is 20.3 Å². The Morgan fingerprint density at radius 3 is 2.45 bits per heavy atom. The van der Waals surface area contributed by atoms with Gasteiger partial charge in [-0.25, -0.2) is 4.79 Å². The van der Waals surface area contributed by atoms with E-state index in [0.717, 1.165) is 0 Å². The molecule has 3 N–H and O–H groups in total. The number of hydrogen-bond donors (Lipinski definition) is 2. The molecule has 2 rings (SSSR count). The molecule has 1 aromatic rings. The summed E-state index contributed by atoms with van der Waals surface area (Å²) in [6, 6.07) is 1.51. The van der Waals surface area contributed by atoms with E-state index in [-0.39, 0.29) is 17.8 Å². The van der Waals surface area contributed by atoms with Gasteiger partial charge in [-0.15, -0.1) is 0 Å².